The van der Waals surface area contributed by atoms with Crippen LogP contribution < -0.4 is 0 Å². The van der Waals surface area contributed by atoms with Crippen LogP contribution in [0.4, 0.5) is 13.2 Å². The lowest BCUT2D eigenvalue weighted by Gasteiger charge is -2.24. The monoisotopic (exact) mass is 438 g/mol. The predicted octanol–water partition coefficient (Wildman–Crippen LogP) is 5.16. The number of aromatic nitrogens is 2. The van der Waals surface area contributed by atoms with Gasteiger partial charge in [-0.05, 0) is 65.8 Å². The number of carbonyl (C=O) groups is 1. The SMILES string of the molecule is CC1CC(c2ccncc2CC(=O)c2ccc(F)c(-c3c(F)cccc3F)n2)=CC(O)C1. The van der Waals surface area contributed by atoms with Crippen molar-refractivity contribution >= 4 is 11.4 Å². The van der Waals surface area contributed by atoms with E-state index in [0.717, 1.165) is 35.8 Å². The first-order valence-corrected chi connectivity index (χ1v) is 10.3. The smallest absolute Gasteiger partial charge is 0.185 e. The van der Waals surface area contributed by atoms with Gasteiger partial charge in [0.05, 0.1) is 11.7 Å². The summed E-state index contributed by atoms with van der Waals surface area (Å²) in [6.07, 6.45) is 5.78. The summed E-state index contributed by atoms with van der Waals surface area (Å²) in [5, 5.41) is 10.1. The Balaban J connectivity index is 1.67. The molecule has 0 spiro atoms. The molecule has 4 nitrogen and oxygen atoms in total. The van der Waals surface area contributed by atoms with Crippen molar-refractivity contribution in [3.8, 4) is 11.3 Å². The lowest BCUT2D eigenvalue weighted by atomic mass is 9.83. The molecule has 0 aliphatic heterocycles. The molecule has 32 heavy (non-hydrogen) atoms. The first-order chi connectivity index (χ1) is 15.3. The molecular formula is C25H21F3N2O2. The van der Waals surface area contributed by atoms with Gasteiger partial charge in [0.15, 0.2) is 5.78 Å². The van der Waals surface area contributed by atoms with E-state index >= 15 is 0 Å². The molecule has 0 fully saturated rings. The first kappa shape index (κ1) is 21.9. The molecule has 1 N–H and O–H groups in total. The summed E-state index contributed by atoms with van der Waals surface area (Å²) in [5.74, 6) is -3.01. The second-order valence-electron chi connectivity index (χ2n) is 8.06. The topological polar surface area (TPSA) is 63.1 Å². The van der Waals surface area contributed by atoms with Crippen LogP contribution in [0.1, 0.15) is 41.4 Å². The van der Waals surface area contributed by atoms with Crippen molar-refractivity contribution in [2.45, 2.75) is 32.3 Å². The highest BCUT2D eigenvalue weighted by Crippen LogP contribution is 2.33. The van der Waals surface area contributed by atoms with Crippen LogP contribution in [-0.4, -0.2) is 27.0 Å². The van der Waals surface area contributed by atoms with Gasteiger partial charge >= 0.3 is 0 Å². The van der Waals surface area contributed by atoms with Gasteiger partial charge in [-0.3, -0.25) is 9.78 Å². The van der Waals surface area contributed by atoms with Gasteiger partial charge in [-0.1, -0.05) is 19.1 Å². The number of rotatable bonds is 5. The lowest BCUT2D eigenvalue weighted by Crippen LogP contribution is -2.16. The van der Waals surface area contributed by atoms with Gasteiger partial charge < -0.3 is 5.11 Å². The summed E-state index contributed by atoms with van der Waals surface area (Å²) >= 11 is 0. The van der Waals surface area contributed by atoms with Crippen LogP contribution >= 0.6 is 0 Å². The molecule has 2 heterocycles. The van der Waals surface area contributed by atoms with Crippen molar-refractivity contribution in [1.29, 1.82) is 0 Å². The van der Waals surface area contributed by atoms with E-state index in [1.54, 1.807) is 24.5 Å². The van der Waals surface area contributed by atoms with Gasteiger partial charge in [-0.15, -0.1) is 0 Å². The van der Waals surface area contributed by atoms with E-state index < -0.39 is 40.6 Å². The molecule has 0 bridgehead atoms. The van der Waals surface area contributed by atoms with Gasteiger partial charge in [-0.2, -0.15) is 0 Å². The maximum atomic E-state index is 14.3. The van der Waals surface area contributed by atoms with Crippen molar-refractivity contribution in [3.63, 3.8) is 0 Å². The van der Waals surface area contributed by atoms with E-state index in [0.29, 0.717) is 17.9 Å². The van der Waals surface area contributed by atoms with Crippen molar-refractivity contribution in [3.05, 3.63) is 89.1 Å². The Morgan fingerprint density at radius 3 is 2.56 bits per heavy atom. The minimum atomic E-state index is -0.965. The molecule has 2 unspecified atom stereocenters. The highest BCUT2D eigenvalue weighted by Gasteiger charge is 2.23. The number of ketones is 1. The van der Waals surface area contributed by atoms with E-state index in [2.05, 4.69) is 9.97 Å². The average Bonchev–Trinajstić information content (AvgIpc) is 2.74. The van der Waals surface area contributed by atoms with Crippen molar-refractivity contribution in [1.82, 2.24) is 9.97 Å². The van der Waals surface area contributed by atoms with Crippen molar-refractivity contribution in [2.75, 3.05) is 0 Å². The quantitative estimate of drug-likeness (QED) is 0.559. The van der Waals surface area contributed by atoms with Gasteiger partial charge in [0.2, 0.25) is 0 Å². The van der Waals surface area contributed by atoms with Crippen molar-refractivity contribution in [2.24, 2.45) is 5.92 Å². The Bertz CT molecular complexity index is 1190. The van der Waals surface area contributed by atoms with Gasteiger partial charge in [0.25, 0.3) is 0 Å². The van der Waals surface area contributed by atoms with Gasteiger partial charge in [0, 0.05) is 18.8 Å². The van der Waals surface area contributed by atoms with Gasteiger partial charge in [-0.25, -0.2) is 18.2 Å². The largest absolute Gasteiger partial charge is 0.389 e. The molecule has 0 saturated heterocycles. The molecule has 164 valence electrons. The van der Waals surface area contributed by atoms with Crippen LogP contribution in [0.15, 0.2) is 54.9 Å². The fourth-order valence-corrected chi connectivity index (χ4v) is 4.08. The summed E-state index contributed by atoms with van der Waals surface area (Å²) in [7, 11) is 0. The third-order valence-electron chi connectivity index (χ3n) is 5.54. The average molecular weight is 438 g/mol. The summed E-state index contributed by atoms with van der Waals surface area (Å²) < 4.78 is 42.6. The van der Waals surface area contributed by atoms with Crippen LogP contribution in [0.2, 0.25) is 0 Å². The molecule has 1 aliphatic rings. The standard InChI is InChI=1S/C25H21F3N2O2/c1-14-9-15(11-17(31)10-14)18-7-8-29-13-16(18)12-23(32)22-6-5-21(28)25(30-22)24-19(26)3-2-4-20(24)27/h2-8,11,13-14,17,31H,9-10,12H2,1H3. The Morgan fingerprint density at radius 2 is 1.84 bits per heavy atom. The van der Waals surface area contributed by atoms with Crippen LogP contribution in [0.25, 0.3) is 16.8 Å². The second kappa shape index (κ2) is 9.04. The number of aliphatic hydroxyl groups excluding tert-OH is 1. The molecule has 1 aromatic carbocycles. The van der Waals surface area contributed by atoms with Crippen LogP contribution in [0.5, 0.6) is 0 Å². The number of halogens is 3. The molecule has 0 amide bonds. The fourth-order valence-electron chi connectivity index (χ4n) is 4.08. The molecule has 7 heteroatoms. The van der Waals surface area contributed by atoms with E-state index in [-0.39, 0.29) is 12.1 Å². The number of Topliss-reactive ketones (excluding diaryl/α,β-unsaturated/α-hetero) is 1. The molecule has 2 aromatic heterocycles. The zero-order valence-corrected chi connectivity index (χ0v) is 17.4. The molecule has 0 radical (unpaired) electrons. The number of pyridine rings is 2. The summed E-state index contributed by atoms with van der Waals surface area (Å²) in [5.41, 5.74) is 1.10. The molecule has 0 saturated carbocycles. The van der Waals surface area contributed by atoms with Crippen LogP contribution in [0, 0.1) is 23.4 Å². The predicted molar refractivity (Wildman–Crippen MR) is 114 cm³/mol. The number of allylic oxidation sites excluding steroid dienone is 1. The molecule has 2 atom stereocenters. The van der Waals surface area contributed by atoms with Gasteiger partial charge in [0.1, 0.15) is 28.8 Å². The number of aliphatic hydroxyl groups is 1. The Morgan fingerprint density at radius 1 is 1.09 bits per heavy atom. The number of hydrogen-bond acceptors (Lipinski definition) is 4. The second-order valence-corrected chi connectivity index (χ2v) is 8.06. The zero-order chi connectivity index (χ0) is 22.8. The minimum Gasteiger partial charge on any atom is -0.389 e. The normalized spacial score (nSPS) is 18.3. The summed E-state index contributed by atoms with van der Waals surface area (Å²) in [4.78, 5) is 21.0. The summed E-state index contributed by atoms with van der Waals surface area (Å²) in [6.45, 7) is 2.05. The fraction of sp³-hybridized carbons (Fsp3) is 0.240. The Kier molecular flexibility index (Phi) is 6.19. The first-order valence-electron chi connectivity index (χ1n) is 10.3. The Hall–Kier alpha value is -3.32. The maximum absolute atomic E-state index is 14.3. The lowest BCUT2D eigenvalue weighted by molar-refractivity contribution is 0.0988. The number of nitrogens with zero attached hydrogens (tertiary/aromatic N) is 2. The number of benzene rings is 1. The molecule has 1 aliphatic carbocycles. The van der Waals surface area contributed by atoms with E-state index in [4.69, 9.17) is 0 Å². The molecular weight excluding hydrogens is 417 g/mol. The molecule has 3 aromatic rings. The number of carbonyl (C=O) groups excluding carboxylic acids is 1. The summed E-state index contributed by atoms with van der Waals surface area (Å²) in [6, 6.07) is 7.14. The Labute approximate surface area is 183 Å². The highest BCUT2D eigenvalue weighted by molar-refractivity contribution is 5.97. The molecule has 4 rings (SSSR count). The van der Waals surface area contributed by atoms with Crippen molar-refractivity contribution < 1.29 is 23.1 Å². The van der Waals surface area contributed by atoms with Crippen LogP contribution in [0.3, 0.4) is 0 Å². The third kappa shape index (κ3) is 4.48. The third-order valence-corrected chi connectivity index (χ3v) is 5.54. The van der Waals surface area contributed by atoms with E-state index in [9.17, 15) is 23.1 Å². The zero-order valence-electron chi connectivity index (χ0n) is 17.4. The number of hydrogen-bond donors (Lipinski definition) is 1. The van der Waals surface area contributed by atoms with E-state index in [1.165, 1.54) is 12.1 Å². The highest BCUT2D eigenvalue weighted by atomic mass is 19.1. The van der Waals surface area contributed by atoms with Crippen LogP contribution in [-0.2, 0) is 6.42 Å². The van der Waals surface area contributed by atoms with E-state index in [1.807, 2.05) is 6.92 Å². The maximum Gasteiger partial charge on any atom is 0.185 e. The minimum absolute atomic E-state index is 0.0805.